The van der Waals surface area contributed by atoms with Crippen LogP contribution in [0.25, 0.3) is 0 Å². The van der Waals surface area contributed by atoms with Crippen molar-refractivity contribution in [3.63, 3.8) is 0 Å². The summed E-state index contributed by atoms with van der Waals surface area (Å²) in [4.78, 5) is 0. The van der Waals surface area contributed by atoms with Gasteiger partial charge in [0.05, 0.1) is 33.0 Å². The zero-order chi connectivity index (χ0) is 53.0. The van der Waals surface area contributed by atoms with Crippen molar-refractivity contribution in [2.45, 2.75) is 109 Å². The van der Waals surface area contributed by atoms with Gasteiger partial charge in [0.2, 0.25) is 0 Å². The molecule has 10 heteroatoms. The fourth-order valence-corrected chi connectivity index (χ4v) is 15.0. The van der Waals surface area contributed by atoms with Crippen molar-refractivity contribution in [2.24, 2.45) is 0 Å². The summed E-state index contributed by atoms with van der Waals surface area (Å²) in [6.45, 7) is 16.2. The smallest absolute Gasteiger partial charge is 0.261 e. The van der Waals surface area contributed by atoms with E-state index in [1.54, 1.807) is 6.08 Å². The van der Waals surface area contributed by atoms with Gasteiger partial charge in [0, 0.05) is 23.8 Å². The minimum absolute atomic E-state index is 0.0909. The summed E-state index contributed by atoms with van der Waals surface area (Å²) >= 11 is 7.18. The largest absolute Gasteiger partial charge is 0.494 e. The van der Waals surface area contributed by atoms with Crippen LogP contribution in [0.1, 0.15) is 86.4 Å². The van der Waals surface area contributed by atoms with E-state index in [1.807, 2.05) is 79.7 Å². The lowest BCUT2D eigenvalue weighted by Crippen LogP contribution is -2.66. The van der Waals surface area contributed by atoms with Crippen molar-refractivity contribution in [1.82, 2.24) is 0 Å². The summed E-state index contributed by atoms with van der Waals surface area (Å²) in [7, 11) is -2.64. The quantitative estimate of drug-likeness (QED) is 0.0273. The van der Waals surface area contributed by atoms with Crippen LogP contribution in [0, 0.1) is 0 Å². The minimum Gasteiger partial charge on any atom is -0.494 e. The van der Waals surface area contributed by atoms with E-state index in [1.165, 1.54) is 10.4 Å². The van der Waals surface area contributed by atoms with Gasteiger partial charge in [-0.3, -0.25) is 0 Å². The predicted octanol–water partition coefficient (Wildman–Crippen LogP) is 13.9. The van der Waals surface area contributed by atoms with E-state index < -0.39 is 38.8 Å². The maximum absolute atomic E-state index is 7.43. The third-order valence-electron chi connectivity index (χ3n) is 13.9. The van der Waals surface area contributed by atoms with Gasteiger partial charge in [0.1, 0.15) is 48.6 Å². The Balaban J connectivity index is 1.09. The third kappa shape index (κ3) is 15.0. The van der Waals surface area contributed by atoms with Gasteiger partial charge < -0.3 is 37.6 Å². The molecular formula is C66H75ClO8Si. The summed E-state index contributed by atoms with van der Waals surface area (Å²) in [5.74, 6) is 1.39. The van der Waals surface area contributed by atoms with Crippen molar-refractivity contribution in [2.75, 3.05) is 33.0 Å². The molecule has 398 valence electrons. The lowest BCUT2D eigenvalue weighted by Gasteiger charge is -2.46. The first kappa shape index (κ1) is 56.4. The molecule has 0 N–H and O–H groups in total. The SMILES string of the molecule is C=CCOc1cc(Cl)c(Cc2ccc(OCC)cc2)cc1C1OC(COCCCCCO[Si](c2ccccc2)(c2ccccc2)C(C)(C)C)C(OCc2ccccc2)C(OCc2ccccc2)C1OCc1ccccc1. The van der Waals surface area contributed by atoms with Gasteiger partial charge in [0.25, 0.3) is 8.32 Å². The van der Waals surface area contributed by atoms with E-state index in [0.29, 0.717) is 56.8 Å². The number of hydrogen-bond acceptors (Lipinski definition) is 8. The first-order valence-corrected chi connectivity index (χ1v) is 29.2. The first-order valence-electron chi connectivity index (χ1n) is 26.9. The molecule has 0 saturated carbocycles. The monoisotopic (exact) mass is 1060 g/mol. The predicted molar refractivity (Wildman–Crippen MR) is 308 cm³/mol. The Kier molecular flexibility index (Phi) is 21.1. The fourth-order valence-electron chi connectivity index (χ4n) is 10.2. The highest BCUT2D eigenvalue weighted by Crippen LogP contribution is 2.44. The molecule has 5 unspecified atom stereocenters. The maximum atomic E-state index is 7.43. The van der Waals surface area contributed by atoms with E-state index in [9.17, 15) is 0 Å². The van der Waals surface area contributed by atoms with E-state index in [4.69, 9.17) is 49.2 Å². The zero-order valence-electron chi connectivity index (χ0n) is 44.7. The Morgan fingerprint density at radius 2 is 1.09 bits per heavy atom. The van der Waals surface area contributed by atoms with Crippen LogP contribution in [-0.2, 0) is 54.4 Å². The number of benzene rings is 7. The number of hydrogen-bond donors (Lipinski definition) is 0. The number of halogens is 1. The summed E-state index contributed by atoms with van der Waals surface area (Å²) in [6, 6.07) is 64.4. The van der Waals surface area contributed by atoms with Crippen molar-refractivity contribution < 1.29 is 37.6 Å². The van der Waals surface area contributed by atoms with Crippen LogP contribution in [0.15, 0.2) is 201 Å². The number of rotatable bonds is 28. The van der Waals surface area contributed by atoms with Gasteiger partial charge in [-0.2, -0.15) is 0 Å². The van der Waals surface area contributed by atoms with Crippen LogP contribution in [0.5, 0.6) is 11.5 Å². The molecule has 0 aromatic heterocycles. The van der Waals surface area contributed by atoms with Crippen LogP contribution >= 0.6 is 11.6 Å². The fraction of sp³-hybridized carbons (Fsp3) is 0.333. The van der Waals surface area contributed by atoms with Gasteiger partial charge in [-0.1, -0.05) is 209 Å². The molecule has 8 nitrogen and oxygen atoms in total. The van der Waals surface area contributed by atoms with Gasteiger partial charge >= 0.3 is 0 Å². The molecule has 0 bridgehead atoms. The van der Waals surface area contributed by atoms with Crippen LogP contribution in [0.3, 0.4) is 0 Å². The lowest BCUT2D eigenvalue weighted by atomic mass is 9.88. The molecule has 7 aromatic carbocycles. The molecule has 7 aromatic rings. The first-order chi connectivity index (χ1) is 37.2. The number of ether oxygens (including phenoxy) is 7. The highest BCUT2D eigenvalue weighted by molar-refractivity contribution is 6.99. The van der Waals surface area contributed by atoms with E-state index >= 15 is 0 Å². The normalized spacial score (nSPS) is 17.8. The van der Waals surface area contributed by atoms with Crippen LogP contribution in [0.4, 0.5) is 0 Å². The average molecular weight is 1060 g/mol. The lowest BCUT2D eigenvalue weighted by molar-refractivity contribution is -0.274. The van der Waals surface area contributed by atoms with Crippen LogP contribution < -0.4 is 19.8 Å². The number of unbranched alkanes of at least 4 members (excludes halogenated alkanes) is 2. The summed E-state index contributed by atoms with van der Waals surface area (Å²) in [5.41, 5.74) is 5.85. The molecule has 1 aliphatic rings. The highest BCUT2D eigenvalue weighted by Gasteiger charge is 2.51. The molecule has 0 aliphatic carbocycles. The van der Waals surface area contributed by atoms with Crippen LogP contribution in [0.2, 0.25) is 10.1 Å². The maximum Gasteiger partial charge on any atom is 0.261 e. The Morgan fingerprint density at radius 3 is 1.62 bits per heavy atom. The highest BCUT2D eigenvalue weighted by atomic mass is 35.5. The Bertz CT molecular complexity index is 2740. The molecule has 0 radical (unpaired) electrons. The zero-order valence-corrected chi connectivity index (χ0v) is 46.5. The molecule has 76 heavy (non-hydrogen) atoms. The Morgan fingerprint density at radius 1 is 0.579 bits per heavy atom. The topological polar surface area (TPSA) is 73.8 Å². The second kappa shape index (κ2) is 28.5. The molecule has 0 amide bonds. The molecular weight excluding hydrogens is 984 g/mol. The van der Waals surface area contributed by atoms with E-state index in [-0.39, 0.29) is 18.3 Å². The van der Waals surface area contributed by atoms with Gasteiger partial charge in [-0.05, 0) is 100 Å². The molecule has 1 heterocycles. The molecule has 1 aliphatic heterocycles. The molecule has 0 spiro atoms. The Labute approximate surface area is 458 Å². The standard InChI is InChI=1S/C66H75ClO8Si/c1-6-40-70-60-45-59(67)54(43-50-36-38-55(39-37-50)69-7-2)44-58(60)62-64(72-47-52-28-16-9-17-29-52)65(73-48-53-30-18-10-19-31-53)63(71-46-51-26-14-8-15-27-51)61(75-62)49-68-41-24-13-25-42-74-76(66(3,4)5,56-32-20-11-21-33-56)57-34-22-12-23-35-57/h6,8-12,14-23,26-39,44-45,61-65H,1,7,13,24-25,40-43,46-49H2,2-5H3. The molecule has 8 rings (SSSR count). The van der Waals surface area contributed by atoms with E-state index in [2.05, 4.69) is 143 Å². The third-order valence-corrected chi connectivity index (χ3v) is 19.3. The van der Waals surface area contributed by atoms with E-state index in [0.717, 1.165) is 58.4 Å². The van der Waals surface area contributed by atoms with Gasteiger partial charge in [-0.25, -0.2) is 0 Å². The van der Waals surface area contributed by atoms with Crippen LogP contribution in [-0.4, -0.2) is 65.8 Å². The summed E-state index contributed by atoms with van der Waals surface area (Å²) in [6.07, 6.45) is 1.78. The summed E-state index contributed by atoms with van der Waals surface area (Å²) < 4.78 is 54.9. The Hall–Kier alpha value is -5.85. The van der Waals surface area contributed by atoms with Crippen molar-refractivity contribution in [1.29, 1.82) is 0 Å². The second-order valence-corrected chi connectivity index (χ2v) is 25.1. The second-order valence-electron chi connectivity index (χ2n) is 20.4. The van der Waals surface area contributed by atoms with Crippen molar-refractivity contribution >= 4 is 30.3 Å². The van der Waals surface area contributed by atoms with Crippen molar-refractivity contribution in [3.05, 3.63) is 239 Å². The van der Waals surface area contributed by atoms with Crippen molar-refractivity contribution in [3.8, 4) is 11.5 Å². The van der Waals surface area contributed by atoms with Gasteiger partial charge in [-0.15, -0.1) is 0 Å². The van der Waals surface area contributed by atoms with Gasteiger partial charge in [0.15, 0.2) is 0 Å². The average Bonchev–Trinajstić information content (AvgIpc) is 3.46. The molecule has 1 fully saturated rings. The molecule has 5 atom stereocenters. The summed E-state index contributed by atoms with van der Waals surface area (Å²) in [5, 5.41) is 3.05. The molecule has 1 saturated heterocycles. The minimum atomic E-state index is -2.64.